The average Bonchev–Trinajstić information content (AvgIpc) is 3.34. The van der Waals surface area contributed by atoms with Gasteiger partial charge in [-0.3, -0.25) is 14.8 Å². The van der Waals surface area contributed by atoms with Crippen LogP contribution in [0.15, 0.2) is 24.3 Å². The molecule has 3 N–H and O–H groups in total. The van der Waals surface area contributed by atoms with Crippen LogP contribution in [-0.4, -0.2) is 44.2 Å². The molecule has 4 rings (SSSR count). The van der Waals surface area contributed by atoms with Gasteiger partial charge in [-0.2, -0.15) is 5.10 Å². The minimum atomic E-state index is -0.753. The van der Waals surface area contributed by atoms with Crippen molar-refractivity contribution in [2.45, 2.75) is 51.7 Å². The van der Waals surface area contributed by atoms with Gasteiger partial charge in [-0.05, 0) is 52.2 Å². The van der Waals surface area contributed by atoms with E-state index < -0.39 is 29.2 Å². The van der Waals surface area contributed by atoms with Gasteiger partial charge in [-0.1, -0.05) is 0 Å². The highest BCUT2D eigenvalue weighted by Crippen LogP contribution is 2.32. The van der Waals surface area contributed by atoms with Crippen molar-refractivity contribution >= 4 is 28.7 Å². The van der Waals surface area contributed by atoms with Crippen molar-refractivity contribution in [3.8, 4) is 0 Å². The van der Waals surface area contributed by atoms with E-state index in [2.05, 4.69) is 20.5 Å². The van der Waals surface area contributed by atoms with E-state index in [9.17, 15) is 18.4 Å². The molecule has 3 aromatic rings. The number of carbonyl (C=O) groups excluding carboxylic acids is 2. The van der Waals surface area contributed by atoms with Crippen LogP contribution in [0.25, 0.3) is 10.9 Å². The molecule has 1 aliphatic rings. The van der Waals surface area contributed by atoms with E-state index in [4.69, 9.17) is 4.74 Å². The summed E-state index contributed by atoms with van der Waals surface area (Å²) in [6.45, 7) is 6.02. The van der Waals surface area contributed by atoms with E-state index in [1.165, 1.54) is 6.07 Å². The number of piperidine rings is 1. The van der Waals surface area contributed by atoms with Gasteiger partial charge in [0, 0.05) is 24.1 Å². The predicted octanol–water partition coefficient (Wildman–Crippen LogP) is 4.88. The number of aromatic amines is 2. The van der Waals surface area contributed by atoms with Gasteiger partial charge in [0.25, 0.3) is 5.91 Å². The summed E-state index contributed by atoms with van der Waals surface area (Å²) in [6, 6.07) is 4.61. The summed E-state index contributed by atoms with van der Waals surface area (Å²) in [6.07, 6.45) is 2.17. The molecule has 0 saturated carbocycles. The molecule has 0 bridgehead atoms. The van der Waals surface area contributed by atoms with E-state index in [1.54, 1.807) is 11.0 Å². The fourth-order valence-electron chi connectivity index (χ4n) is 3.83. The van der Waals surface area contributed by atoms with Crippen LogP contribution < -0.4 is 5.32 Å². The number of benzene rings is 1. The lowest BCUT2D eigenvalue weighted by atomic mass is 10.00. The lowest BCUT2D eigenvalue weighted by Crippen LogP contribution is -2.42. The largest absolute Gasteiger partial charge is 0.444 e. The van der Waals surface area contributed by atoms with Crippen LogP contribution in [0.1, 0.15) is 62.3 Å². The maximum atomic E-state index is 13.9. The molecule has 3 heterocycles. The molecule has 1 atom stereocenters. The number of fused-ring (bicyclic) bond motifs is 1. The number of nitrogens with one attached hydrogen (secondary N) is 3. The maximum Gasteiger partial charge on any atom is 0.410 e. The zero-order chi connectivity index (χ0) is 23.0. The molecule has 8 nitrogen and oxygen atoms in total. The normalized spacial score (nSPS) is 16.9. The van der Waals surface area contributed by atoms with Crippen molar-refractivity contribution in [1.82, 2.24) is 20.1 Å². The highest BCUT2D eigenvalue weighted by atomic mass is 19.1. The summed E-state index contributed by atoms with van der Waals surface area (Å²) in [5, 5.41) is 9.77. The summed E-state index contributed by atoms with van der Waals surface area (Å²) in [5.41, 5.74) is 0.331. The number of amides is 2. The Balaban J connectivity index is 1.50. The van der Waals surface area contributed by atoms with E-state index >= 15 is 0 Å². The van der Waals surface area contributed by atoms with Crippen LogP contribution in [0.3, 0.4) is 0 Å². The molecule has 10 heteroatoms. The highest BCUT2D eigenvalue weighted by molar-refractivity contribution is 6.05. The van der Waals surface area contributed by atoms with Crippen molar-refractivity contribution in [2.75, 3.05) is 11.9 Å². The van der Waals surface area contributed by atoms with E-state index in [0.717, 1.165) is 31.4 Å². The first-order valence-electron chi connectivity index (χ1n) is 10.4. The number of hydrogen-bond acceptors (Lipinski definition) is 4. The Bertz CT molecular complexity index is 1160. The first-order chi connectivity index (χ1) is 15.1. The molecule has 170 valence electrons. The number of halogens is 2. The number of likely N-dealkylation sites (tertiary alicyclic amines) is 1. The van der Waals surface area contributed by atoms with E-state index in [0.29, 0.717) is 12.2 Å². The number of anilines is 1. The zero-order valence-corrected chi connectivity index (χ0v) is 18.1. The lowest BCUT2D eigenvalue weighted by Gasteiger charge is -2.36. The topological polar surface area (TPSA) is 103 Å². The number of ether oxygens (including phenoxy) is 1. The summed E-state index contributed by atoms with van der Waals surface area (Å²) in [7, 11) is 0. The second-order valence-electron chi connectivity index (χ2n) is 8.88. The number of nitrogens with zero attached hydrogens (tertiary/aromatic N) is 2. The van der Waals surface area contributed by atoms with Gasteiger partial charge in [0.2, 0.25) is 0 Å². The minimum Gasteiger partial charge on any atom is -0.444 e. The molecule has 1 saturated heterocycles. The molecular weight excluding hydrogens is 420 g/mol. The van der Waals surface area contributed by atoms with Crippen LogP contribution in [0.4, 0.5) is 19.4 Å². The number of H-pyrrole nitrogens is 2. The lowest BCUT2D eigenvalue weighted by molar-refractivity contribution is 0.00899. The quantitative estimate of drug-likeness (QED) is 0.534. The molecule has 0 aliphatic carbocycles. The standard InChI is InChI=1S/C22H25F2N5O3/c1-22(2,3)32-21(31)29-7-5-4-6-18(29)16-11-19(28-27-16)26-20(30)17-10-13-14(24)8-12(23)9-15(13)25-17/h8-11,18,25H,4-7H2,1-3H3,(H2,26,27,28,30). The number of carbonyl (C=O) groups is 2. The minimum absolute atomic E-state index is 0.0714. The van der Waals surface area contributed by atoms with Gasteiger partial charge >= 0.3 is 6.09 Å². The van der Waals surface area contributed by atoms with Crippen molar-refractivity contribution in [3.05, 3.63) is 47.3 Å². The first kappa shape index (κ1) is 21.8. The second kappa shape index (κ2) is 8.25. The van der Waals surface area contributed by atoms with Crippen molar-refractivity contribution < 1.29 is 23.1 Å². The number of rotatable bonds is 3. The first-order valence-corrected chi connectivity index (χ1v) is 10.4. The van der Waals surface area contributed by atoms with Crippen LogP contribution >= 0.6 is 0 Å². The van der Waals surface area contributed by atoms with Crippen LogP contribution in [0.2, 0.25) is 0 Å². The maximum absolute atomic E-state index is 13.9. The second-order valence-corrected chi connectivity index (χ2v) is 8.88. The third kappa shape index (κ3) is 4.58. The highest BCUT2D eigenvalue weighted by Gasteiger charge is 2.32. The third-order valence-corrected chi connectivity index (χ3v) is 5.23. The van der Waals surface area contributed by atoms with Gasteiger partial charge in [0.1, 0.15) is 22.9 Å². The Morgan fingerprint density at radius 3 is 2.72 bits per heavy atom. The molecule has 32 heavy (non-hydrogen) atoms. The molecule has 0 radical (unpaired) electrons. The SMILES string of the molecule is CC(C)(C)OC(=O)N1CCCCC1c1cc(NC(=O)c2cc3c(F)cc(F)cc3[nH]2)n[nH]1. The van der Waals surface area contributed by atoms with Crippen LogP contribution in [0.5, 0.6) is 0 Å². The fourth-order valence-corrected chi connectivity index (χ4v) is 3.83. The third-order valence-electron chi connectivity index (χ3n) is 5.23. The molecule has 1 unspecified atom stereocenters. The predicted molar refractivity (Wildman–Crippen MR) is 114 cm³/mol. The average molecular weight is 445 g/mol. The molecule has 1 aromatic carbocycles. The summed E-state index contributed by atoms with van der Waals surface area (Å²) in [4.78, 5) is 29.6. The van der Waals surface area contributed by atoms with E-state index in [-0.39, 0.29) is 28.5 Å². The Morgan fingerprint density at radius 2 is 1.97 bits per heavy atom. The van der Waals surface area contributed by atoms with Gasteiger partial charge in [0.05, 0.1) is 17.3 Å². The Morgan fingerprint density at radius 1 is 1.19 bits per heavy atom. The molecule has 2 aromatic heterocycles. The Kier molecular flexibility index (Phi) is 5.62. The summed E-state index contributed by atoms with van der Waals surface area (Å²) >= 11 is 0. The van der Waals surface area contributed by atoms with Crippen molar-refractivity contribution in [1.29, 1.82) is 0 Å². The number of hydrogen-bond donors (Lipinski definition) is 3. The summed E-state index contributed by atoms with van der Waals surface area (Å²) < 4.78 is 32.8. The van der Waals surface area contributed by atoms with Gasteiger partial charge in [-0.25, -0.2) is 13.6 Å². The fraction of sp³-hybridized carbons (Fsp3) is 0.409. The Hall–Kier alpha value is -3.43. The van der Waals surface area contributed by atoms with Gasteiger partial charge in [0.15, 0.2) is 5.82 Å². The van der Waals surface area contributed by atoms with Crippen LogP contribution in [-0.2, 0) is 4.74 Å². The monoisotopic (exact) mass is 445 g/mol. The van der Waals surface area contributed by atoms with Crippen molar-refractivity contribution in [3.63, 3.8) is 0 Å². The zero-order valence-electron chi connectivity index (χ0n) is 18.1. The smallest absolute Gasteiger partial charge is 0.410 e. The molecule has 0 spiro atoms. The van der Waals surface area contributed by atoms with Crippen molar-refractivity contribution in [2.24, 2.45) is 0 Å². The van der Waals surface area contributed by atoms with Gasteiger partial charge in [-0.15, -0.1) is 0 Å². The van der Waals surface area contributed by atoms with E-state index in [1.807, 2.05) is 20.8 Å². The van der Waals surface area contributed by atoms with Gasteiger partial charge < -0.3 is 15.0 Å². The molecule has 1 aliphatic heterocycles. The Labute approximate surface area is 183 Å². The molecule has 1 fully saturated rings. The molecular formula is C22H25F2N5O3. The molecule has 2 amide bonds. The van der Waals surface area contributed by atoms with Crippen LogP contribution in [0, 0.1) is 11.6 Å². The number of aromatic nitrogens is 3. The summed E-state index contributed by atoms with van der Waals surface area (Å²) in [5.74, 6) is -1.78.